The standard InChI is InChI=1S/C12H14BrN3S/c1-7-5-8(2)12(17)15(3)11(7)9-6-10(13)16(4)14-9/h5-6H,1-4H3. The van der Waals surface area contributed by atoms with E-state index in [0.29, 0.717) is 0 Å². The Bertz CT molecular complexity index is 620. The maximum absolute atomic E-state index is 5.40. The summed E-state index contributed by atoms with van der Waals surface area (Å²) in [6.07, 6.45) is 0. The Morgan fingerprint density at radius 3 is 2.35 bits per heavy atom. The molecule has 3 nitrogen and oxygen atoms in total. The lowest BCUT2D eigenvalue weighted by molar-refractivity contribution is 0.747. The third-order valence-corrected chi connectivity index (χ3v) is 4.19. The SMILES string of the molecule is Cc1cc(C)c(=S)n(C)c1-c1cc(Br)n(C)n1. The van der Waals surface area contributed by atoms with Crippen LogP contribution in [0.3, 0.4) is 0 Å². The van der Waals surface area contributed by atoms with Crippen molar-refractivity contribution in [1.29, 1.82) is 0 Å². The van der Waals surface area contributed by atoms with Crippen molar-refractivity contribution in [3.8, 4) is 11.4 Å². The van der Waals surface area contributed by atoms with Gasteiger partial charge in [-0.1, -0.05) is 18.3 Å². The van der Waals surface area contributed by atoms with Crippen LogP contribution in [0.1, 0.15) is 11.1 Å². The molecule has 0 amide bonds. The molecule has 2 rings (SSSR count). The monoisotopic (exact) mass is 311 g/mol. The van der Waals surface area contributed by atoms with Crippen LogP contribution >= 0.6 is 28.1 Å². The Labute approximate surface area is 114 Å². The number of nitrogens with zero attached hydrogens (tertiary/aromatic N) is 3. The van der Waals surface area contributed by atoms with E-state index in [2.05, 4.69) is 34.0 Å². The second-order valence-corrected chi connectivity index (χ2v) is 5.40. The van der Waals surface area contributed by atoms with Crippen molar-refractivity contribution in [3.63, 3.8) is 0 Å². The number of halogens is 1. The molecule has 5 heteroatoms. The Kier molecular flexibility index (Phi) is 3.23. The average molecular weight is 312 g/mol. The normalized spacial score (nSPS) is 10.9. The second-order valence-electron chi connectivity index (χ2n) is 4.20. The van der Waals surface area contributed by atoms with Gasteiger partial charge in [0, 0.05) is 20.2 Å². The zero-order chi connectivity index (χ0) is 12.7. The first kappa shape index (κ1) is 12.5. The molecule has 0 spiro atoms. The van der Waals surface area contributed by atoms with E-state index in [1.54, 1.807) is 4.68 Å². The van der Waals surface area contributed by atoms with Gasteiger partial charge in [-0.3, -0.25) is 4.68 Å². The molecule has 0 unspecified atom stereocenters. The smallest absolute Gasteiger partial charge is 0.110 e. The predicted molar refractivity (Wildman–Crippen MR) is 75.6 cm³/mol. The molecule has 17 heavy (non-hydrogen) atoms. The fourth-order valence-electron chi connectivity index (χ4n) is 2.02. The van der Waals surface area contributed by atoms with E-state index in [-0.39, 0.29) is 0 Å². The summed E-state index contributed by atoms with van der Waals surface area (Å²) in [4.78, 5) is 0. The maximum Gasteiger partial charge on any atom is 0.110 e. The third-order valence-electron chi connectivity index (χ3n) is 2.85. The van der Waals surface area contributed by atoms with Gasteiger partial charge in [0.1, 0.15) is 14.9 Å². The highest BCUT2D eigenvalue weighted by molar-refractivity contribution is 9.10. The molecule has 2 aromatic rings. The van der Waals surface area contributed by atoms with Gasteiger partial charge in [-0.05, 0) is 40.9 Å². The fourth-order valence-corrected chi connectivity index (χ4v) is 2.47. The maximum atomic E-state index is 5.40. The summed E-state index contributed by atoms with van der Waals surface area (Å²) in [5.74, 6) is 0. The van der Waals surface area contributed by atoms with E-state index >= 15 is 0 Å². The summed E-state index contributed by atoms with van der Waals surface area (Å²) in [5, 5.41) is 4.48. The Balaban J connectivity index is 2.76. The molecule has 0 atom stereocenters. The highest BCUT2D eigenvalue weighted by atomic mass is 79.9. The van der Waals surface area contributed by atoms with E-state index in [9.17, 15) is 0 Å². The van der Waals surface area contributed by atoms with Gasteiger partial charge in [0.25, 0.3) is 0 Å². The lowest BCUT2D eigenvalue weighted by Gasteiger charge is -2.12. The molecule has 0 N–H and O–H groups in total. The number of hydrogen-bond donors (Lipinski definition) is 0. The fraction of sp³-hybridized carbons (Fsp3) is 0.333. The summed E-state index contributed by atoms with van der Waals surface area (Å²) >= 11 is 8.86. The number of aryl methyl sites for hydroxylation is 3. The minimum absolute atomic E-state index is 0.854. The van der Waals surface area contributed by atoms with E-state index in [0.717, 1.165) is 26.2 Å². The first-order valence-electron chi connectivity index (χ1n) is 5.29. The quantitative estimate of drug-likeness (QED) is 0.752. The van der Waals surface area contributed by atoms with E-state index < -0.39 is 0 Å². The van der Waals surface area contributed by atoms with Crippen LogP contribution in [0.4, 0.5) is 0 Å². The zero-order valence-corrected chi connectivity index (χ0v) is 12.7. The van der Waals surface area contributed by atoms with Crippen LogP contribution in [0.2, 0.25) is 0 Å². The highest BCUT2D eigenvalue weighted by Crippen LogP contribution is 2.25. The first-order valence-corrected chi connectivity index (χ1v) is 6.49. The molecule has 0 fully saturated rings. The first-order chi connectivity index (χ1) is 7.91. The number of pyridine rings is 1. The Morgan fingerprint density at radius 2 is 1.82 bits per heavy atom. The molecule has 0 aliphatic carbocycles. The van der Waals surface area contributed by atoms with Gasteiger partial charge in [0.2, 0.25) is 0 Å². The molecule has 0 aromatic carbocycles. The summed E-state index contributed by atoms with van der Waals surface area (Å²) < 4.78 is 5.64. The van der Waals surface area contributed by atoms with Crippen molar-refractivity contribution in [2.24, 2.45) is 14.1 Å². The summed E-state index contributed by atoms with van der Waals surface area (Å²) in [5.41, 5.74) is 4.32. The number of hydrogen-bond acceptors (Lipinski definition) is 2. The van der Waals surface area contributed by atoms with Crippen LogP contribution in [0.5, 0.6) is 0 Å². The molecule has 0 aliphatic rings. The lowest BCUT2D eigenvalue weighted by Crippen LogP contribution is -2.03. The third kappa shape index (κ3) is 2.09. The van der Waals surface area contributed by atoms with E-state index in [1.807, 2.05) is 31.7 Å². The summed E-state index contributed by atoms with van der Waals surface area (Å²) in [6, 6.07) is 4.12. The zero-order valence-electron chi connectivity index (χ0n) is 10.3. The molecular weight excluding hydrogens is 298 g/mol. The van der Waals surface area contributed by atoms with Gasteiger partial charge < -0.3 is 4.57 Å². The Morgan fingerprint density at radius 1 is 1.18 bits per heavy atom. The minimum atomic E-state index is 0.854. The molecule has 0 radical (unpaired) electrons. The van der Waals surface area contributed by atoms with Crippen LogP contribution in [0, 0.1) is 18.5 Å². The summed E-state index contributed by atoms with van der Waals surface area (Å²) in [7, 11) is 3.89. The van der Waals surface area contributed by atoms with Crippen molar-refractivity contribution in [2.75, 3.05) is 0 Å². The van der Waals surface area contributed by atoms with Gasteiger partial charge in [0.15, 0.2) is 0 Å². The van der Waals surface area contributed by atoms with Crippen molar-refractivity contribution in [3.05, 3.63) is 32.5 Å². The molecule has 2 heterocycles. The lowest BCUT2D eigenvalue weighted by atomic mass is 10.1. The van der Waals surface area contributed by atoms with Crippen molar-refractivity contribution in [2.45, 2.75) is 13.8 Å². The number of aromatic nitrogens is 3. The molecule has 90 valence electrons. The minimum Gasteiger partial charge on any atom is -0.333 e. The van der Waals surface area contributed by atoms with Crippen molar-refractivity contribution in [1.82, 2.24) is 14.3 Å². The summed E-state index contributed by atoms with van der Waals surface area (Å²) in [6.45, 7) is 4.12. The second kappa shape index (κ2) is 4.38. The van der Waals surface area contributed by atoms with Gasteiger partial charge in [-0.15, -0.1) is 0 Å². The Hall–Kier alpha value is -0.940. The highest BCUT2D eigenvalue weighted by Gasteiger charge is 2.12. The van der Waals surface area contributed by atoms with Crippen LogP contribution in [0.15, 0.2) is 16.7 Å². The van der Waals surface area contributed by atoms with Gasteiger partial charge in [-0.25, -0.2) is 0 Å². The van der Waals surface area contributed by atoms with E-state index in [1.165, 1.54) is 5.56 Å². The van der Waals surface area contributed by atoms with Gasteiger partial charge >= 0.3 is 0 Å². The molecule has 2 aromatic heterocycles. The molecule has 0 bridgehead atoms. The van der Waals surface area contributed by atoms with Crippen LogP contribution in [-0.2, 0) is 14.1 Å². The predicted octanol–water partition coefficient (Wildman–Crippen LogP) is 3.53. The average Bonchev–Trinajstić information content (AvgIpc) is 2.56. The van der Waals surface area contributed by atoms with Crippen molar-refractivity contribution >= 4 is 28.1 Å². The molecule has 0 aliphatic heterocycles. The van der Waals surface area contributed by atoms with Crippen LogP contribution in [-0.4, -0.2) is 14.3 Å². The topological polar surface area (TPSA) is 22.8 Å². The van der Waals surface area contributed by atoms with Crippen LogP contribution < -0.4 is 0 Å². The molecular formula is C12H14BrN3S. The molecule has 0 saturated carbocycles. The van der Waals surface area contributed by atoms with E-state index in [4.69, 9.17) is 12.2 Å². The largest absolute Gasteiger partial charge is 0.333 e. The van der Waals surface area contributed by atoms with Gasteiger partial charge in [0.05, 0.1) is 5.69 Å². The van der Waals surface area contributed by atoms with Gasteiger partial charge in [-0.2, -0.15) is 5.10 Å². The number of rotatable bonds is 1. The van der Waals surface area contributed by atoms with Crippen molar-refractivity contribution < 1.29 is 0 Å². The van der Waals surface area contributed by atoms with Crippen LogP contribution in [0.25, 0.3) is 11.4 Å². The molecule has 0 saturated heterocycles.